The Morgan fingerprint density at radius 1 is 1.32 bits per heavy atom. The molecular formula is C12H12ClNO4S. The van der Waals surface area contributed by atoms with Crippen LogP contribution in [0.15, 0.2) is 46.1 Å². The highest BCUT2D eigenvalue weighted by Gasteiger charge is 2.15. The lowest BCUT2D eigenvalue weighted by Gasteiger charge is -2.08. The molecule has 0 fully saturated rings. The fraction of sp³-hybridized carbons (Fsp3) is 0.167. The fourth-order valence-electron chi connectivity index (χ4n) is 1.49. The number of hydrogen-bond acceptors (Lipinski definition) is 4. The van der Waals surface area contributed by atoms with Crippen molar-refractivity contribution in [3.05, 3.63) is 52.9 Å². The van der Waals surface area contributed by atoms with Gasteiger partial charge in [0.15, 0.2) is 0 Å². The van der Waals surface area contributed by atoms with Gasteiger partial charge in [-0.05, 0) is 29.8 Å². The van der Waals surface area contributed by atoms with Crippen LogP contribution < -0.4 is 4.72 Å². The van der Waals surface area contributed by atoms with Crippen molar-refractivity contribution in [2.75, 3.05) is 0 Å². The van der Waals surface area contributed by atoms with Gasteiger partial charge in [0.1, 0.15) is 0 Å². The van der Waals surface area contributed by atoms with Crippen LogP contribution in [0.2, 0.25) is 5.02 Å². The minimum Gasteiger partial charge on any atom is -0.472 e. The maximum Gasteiger partial charge on any atom is 0.240 e. The summed E-state index contributed by atoms with van der Waals surface area (Å²) in [5.41, 5.74) is 1.09. The normalized spacial score (nSPS) is 11.7. The van der Waals surface area contributed by atoms with E-state index in [9.17, 15) is 8.42 Å². The van der Waals surface area contributed by atoms with E-state index in [1.807, 2.05) is 0 Å². The highest BCUT2D eigenvalue weighted by atomic mass is 35.5. The van der Waals surface area contributed by atoms with E-state index < -0.39 is 10.0 Å². The summed E-state index contributed by atoms with van der Waals surface area (Å²) in [5, 5.41) is 9.41. The van der Waals surface area contributed by atoms with E-state index in [4.69, 9.17) is 21.1 Å². The predicted molar refractivity (Wildman–Crippen MR) is 70.1 cm³/mol. The fourth-order valence-corrected chi connectivity index (χ4v) is 2.74. The molecule has 1 aromatic carbocycles. The summed E-state index contributed by atoms with van der Waals surface area (Å²) in [7, 11) is -3.65. The van der Waals surface area contributed by atoms with Crippen LogP contribution in [0.4, 0.5) is 0 Å². The molecule has 2 aromatic rings. The zero-order chi connectivity index (χ0) is 13.9. The van der Waals surface area contributed by atoms with Crippen LogP contribution >= 0.6 is 11.6 Å². The van der Waals surface area contributed by atoms with Gasteiger partial charge in [-0.1, -0.05) is 11.6 Å². The lowest BCUT2D eigenvalue weighted by molar-refractivity contribution is 0.281. The van der Waals surface area contributed by atoms with E-state index in [0.29, 0.717) is 10.6 Å². The first-order valence-electron chi connectivity index (χ1n) is 5.43. The van der Waals surface area contributed by atoms with Crippen LogP contribution in [0.3, 0.4) is 0 Å². The molecule has 0 saturated carbocycles. The summed E-state index contributed by atoms with van der Waals surface area (Å²) in [4.78, 5) is 0.0597. The molecule has 0 aliphatic rings. The van der Waals surface area contributed by atoms with Crippen molar-refractivity contribution in [3.8, 4) is 0 Å². The molecule has 0 aliphatic carbocycles. The Bertz CT molecular complexity index is 652. The summed E-state index contributed by atoms with van der Waals surface area (Å²) in [6.07, 6.45) is 2.93. The molecule has 1 heterocycles. The first kappa shape index (κ1) is 14.1. The lowest BCUT2D eigenvalue weighted by Crippen LogP contribution is -2.23. The molecule has 0 amide bonds. The van der Waals surface area contributed by atoms with Crippen molar-refractivity contribution >= 4 is 21.6 Å². The van der Waals surface area contributed by atoms with E-state index in [0.717, 1.165) is 5.56 Å². The molecule has 5 nitrogen and oxygen atoms in total. The smallest absolute Gasteiger partial charge is 0.240 e. The van der Waals surface area contributed by atoms with Crippen LogP contribution in [0.1, 0.15) is 11.1 Å². The van der Waals surface area contributed by atoms with Crippen LogP contribution in [-0.4, -0.2) is 13.5 Å². The number of aliphatic hydroxyl groups excluding tert-OH is 1. The number of rotatable bonds is 5. The van der Waals surface area contributed by atoms with E-state index >= 15 is 0 Å². The van der Waals surface area contributed by atoms with Crippen molar-refractivity contribution in [1.82, 2.24) is 4.72 Å². The van der Waals surface area contributed by atoms with Gasteiger partial charge in [0.25, 0.3) is 0 Å². The van der Waals surface area contributed by atoms with Gasteiger partial charge in [0.05, 0.1) is 24.0 Å². The quantitative estimate of drug-likeness (QED) is 0.884. The number of halogens is 1. The average Bonchev–Trinajstić information content (AvgIpc) is 2.90. The predicted octanol–water partition coefficient (Wildman–Crippen LogP) is 1.90. The Morgan fingerprint density at radius 2 is 2.11 bits per heavy atom. The second-order valence-electron chi connectivity index (χ2n) is 3.87. The molecule has 0 saturated heterocycles. The Labute approximate surface area is 115 Å². The topological polar surface area (TPSA) is 79.5 Å². The van der Waals surface area contributed by atoms with Crippen molar-refractivity contribution < 1.29 is 17.9 Å². The molecule has 0 unspecified atom stereocenters. The van der Waals surface area contributed by atoms with Crippen molar-refractivity contribution in [2.24, 2.45) is 0 Å². The van der Waals surface area contributed by atoms with Gasteiger partial charge in [-0.3, -0.25) is 0 Å². The van der Waals surface area contributed by atoms with Crippen LogP contribution in [0, 0.1) is 0 Å². The minimum absolute atomic E-state index is 0.0597. The first-order valence-corrected chi connectivity index (χ1v) is 7.29. The maximum absolute atomic E-state index is 12.0. The number of benzene rings is 1. The van der Waals surface area contributed by atoms with E-state index in [-0.39, 0.29) is 18.0 Å². The minimum atomic E-state index is -3.65. The zero-order valence-electron chi connectivity index (χ0n) is 9.84. The molecule has 0 spiro atoms. The number of nitrogens with one attached hydrogen (secondary N) is 1. The molecular weight excluding hydrogens is 290 g/mol. The second-order valence-corrected chi connectivity index (χ2v) is 6.04. The molecule has 7 heteroatoms. The van der Waals surface area contributed by atoms with Gasteiger partial charge in [0, 0.05) is 17.1 Å². The molecule has 102 valence electrons. The third-order valence-electron chi connectivity index (χ3n) is 2.54. The van der Waals surface area contributed by atoms with Crippen LogP contribution in [0.5, 0.6) is 0 Å². The molecule has 2 rings (SSSR count). The lowest BCUT2D eigenvalue weighted by atomic mass is 10.2. The third-order valence-corrected chi connectivity index (χ3v) is 4.31. The summed E-state index contributed by atoms with van der Waals surface area (Å²) in [5.74, 6) is 0. The highest BCUT2D eigenvalue weighted by molar-refractivity contribution is 7.89. The van der Waals surface area contributed by atoms with Crippen molar-refractivity contribution in [3.63, 3.8) is 0 Å². The Hall–Kier alpha value is -1.34. The summed E-state index contributed by atoms with van der Waals surface area (Å²) >= 11 is 5.82. The Morgan fingerprint density at radius 3 is 2.74 bits per heavy atom. The largest absolute Gasteiger partial charge is 0.472 e. The van der Waals surface area contributed by atoms with E-state index in [1.54, 1.807) is 6.07 Å². The second kappa shape index (κ2) is 5.75. The number of hydrogen-bond donors (Lipinski definition) is 2. The van der Waals surface area contributed by atoms with E-state index in [1.165, 1.54) is 30.7 Å². The average molecular weight is 302 g/mol. The molecule has 0 aliphatic heterocycles. The van der Waals surface area contributed by atoms with Gasteiger partial charge in [-0.25, -0.2) is 13.1 Å². The Kier molecular flexibility index (Phi) is 4.26. The van der Waals surface area contributed by atoms with Gasteiger partial charge in [0.2, 0.25) is 10.0 Å². The molecule has 19 heavy (non-hydrogen) atoms. The summed E-state index contributed by atoms with van der Waals surface area (Å²) in [6.45, 7) is -0.181. The summed E-state index contributed by atoms with van der Waals surface area (Å²) in [6, 6.07) is 5.85. The van der Waals surface area contributed by atoms with Crippen LogP contribution in [0.25, 0.3) is 0 Å². The highest BCUT2D eigenvalue weighted by Crippen LogP contribution is 2.20. The summed E-state index contributed by atoms with van der Waals surface area (Å²) < 4.78 is 31.4. The molecule has 2 N–H and O–H groups in total. The zero-order valence-corrected chi connectivity index (χ0v) is 11.4. The van der Waals surface area contributed by atoms with Crippen molar-refractivity contribution in [1.29, 1.82) is 0 Å². The standard InChI is InChI=1S/C12H12ClNO4S/c13-12-2-1-11(5-10(12)7-15)19(16,17)14-6-9-3-4-18-8-9/h1-5,8,14-15H,6-7H2. The van der Waals surface area contributed by atoms with Gasteiger partial charge < -0.3 is 9.52 Å². The van der Waals surface area contributed by atoms with Crippen molar-refractivity contribution in [2.45, 2.75) is 18.0 Å². The molecule has 0 bridgehead atoms. The van der Waals surface area contributed by atoms with Gasteiger partial charge in [-0.2, -0.15) is 0 Å². The molecule has 0 radical (unpaired) electrons. The van der Waals surface area contributed by atoms with E-state index in [2.05, 4.69) is 4.72 Å². The molecule has 0 atom stereocenters. The number of furan rings is 1. The SMILES string of the molecule is O=S(=O)(NCc1ccoc1)c1ccc(Cl)c(CO)c1. The third kappa shape index (κ3) is 3.36. The monoisotopic (exact) mass is 301 g/mol. The maximum atomic E-state index is 12.0. The molecule has 1 aromatic heterocycles. The number of sulfonamides is 1. The Balaban J connectivity index is 2.19. The van der Waals surface area contributed by atoms with Gasteiger partial charge in [-0.15, -0.1) is 0 Å². The van der Waals surface area contributed by atoms with Crippen LogP contribution in [-0.2, 0) is 23.2 Å². The van der Waals surface area contributed by atoms with Gasteiger partial charge >= 0.3 is 0 Å². The first-order chi connectivity index (χ1) is 9.03. The number of aliphatic hydroxyl groups is 1.